The molecule has 2 aromatic rings. The van der Waals surface area contributed by atoms with Gasteiger partial charge in [-0.15, -0.1) is 0 Å². The molecule has 4 N–H and O–H groups in total. The van der Waals surface area contributed by atoms with Gasteiger partial charge in [0.05, 0.1) is 30.2 Å². The van der Waals surface area contributed by atoms with Gasteiger partial charge in [-0.05, 0) is 82.7 Å². The molecule has 0 spiro atoms. The van der Waals surface area contributed by atoms with Crippen LogP contribution in [0.1, 0.15) is 58.6 Å². The first kappa shape index (κ1) is 31.3. The maximum absolute atomic E-state index is 13.6. The predicted octanol–water partition coefficient (Wildman–Crippen LogP) is 3.63. The van der Waals surface area contributed by atoms with Crippen molar-refractivity contribution < 1.29 is 19.5 Å². The van der Waals surface area contributed by atoms with E-state index in [1.807, 2.05) is 56.3 Å². The Bertz CT molecular complexity index is 1050. The molecular formula is C31H45N3O4. The summed E-state index contributed by atoms with van der Waals surface area (Å²) in [4.78, 5) is 39.2. The van der Waals surface area contributed by atoms with Crippen molar-refractivity contribution in [3.8, 4) is 5.75 Å². The van der Waals surface area contributed by atoms with Crippen LogP contribution >= 0.6 is 0 Å². The zero-order chi connectivity index (χ0) is 28.3. The van der Waals surface area contributed by atoms with Crippen LogP contribution < -0.4 is 16.0 Å². The van der Waals surface area contributed by atoms with Crippen molar-refractivity contribution in [1.82, 2.24) is 16.0 Å². The number of hydrogen-bond donors (Lipinski definition) is 4. The molecule has 0 saturated carbocycles. The van der Waals surface area contributed by atoms with E-state index in [0.29, 0.717) is 25.7 Å². The van der Waals surface area contributed by atoms with Gasteiger partial charge in [0.1, 0.15) is 11.5 Å². The SMILES string of the molecule is CN[C@@H](CCc1ccc(O)cc1)C(=O)CNC(C)(Cc1ccccc1)C(=O)CNC(C)(CC(C)C)C(C)=O. The summed E-state index contributed by atoms with van der Waals surface area (Å²) in [6, 6.07) is 16.3. The lowest BCUT2D eigenvalue weighted by Gasteiger charge is -2.34. The van der Waals surface area contributed by atoms with E-state index in [-0.39, 0.29) is 48.1 Å². The normalized spacial score (nSPS) is 15.4. The fourth-order valence-corrected chi connectivity index (χ4v) is 4.74. The van der Waals surface area contributed by atoms with Gasteiger partial charge in [-0.2, -0.15) is 0 Å². The number of carbonyl (C=O) groups is 3. The molecule has 0 aromatic heterocycles. The Labute approximate surface area is 227 Å². The number of hydrogen-bond acceptors (Lipinski definition) is 7. The van der Waals surface area contributed by atoms with Crippen molar-refractivity contribution >= 4 is 17.3 Å². The van der Waals surface area contributed by atoms with Gasteiger partial charge < -0.3 is 10.4 Å². The summed E-state index contributed by atoms with van der Waals surface area (Å²) in [5.74, 6) is 0.370. The third kappa shape index (κ3) is 9.46. The summed E-state index contributed by atoms with van der Waals surface area (Å²) in [6.45, 7) is 9.38. The summed E-state index contributed by atoms with van der Waals surface area (Å²) in [6.07, 6.45) is 2.32. The lowest BCUT2D eigenvalue weighted by atomic mass is 9.85. The fourth-order valence-electron chi connectivity index (χ4n) is 4.74. The first-order valence-corrected chi connectivity index (χ1v) is 13.4. The second-order valence-electron chi connectivity index (χ2n) is 11.1. The minimum Gasteiger partial charge on any atom is -0.508 e. The third-order valence-corrected chi connectivity index (χ3v) is 7.30. The van der Waals surface area contributed by atoms with Gasteiger partial charge in [-0.25, -0.2) is 0 Å². The smallest absolute Gasteiger partial charge is 0.166 e. The van der Waals surface area contributed by atoms with Crippen molar-refractivity contribution in [2.75, 3.05) is 20.1 Å². The standard InChI is InChI=1S/C31H45N3O4/c1-22(2)18-30(4,23(3)35)34-21-29(38)31(5,19-25-10-8-7-9-11-25)33-20-28(37)27(32-6)17-14-24-12-15-26(36)16-13-24/h7-13,15-16,22,27,32-34,36H,14,17-21H2,1-6H3/t27-,30?,31?/m0/s1. The van der Waals surface area contributed by atoms with Crippen molar-refractivity contribution in [3.63, 3.8) is 0 Å². The molecular weight excluding hydrogens is 478 g/mol. The molecule has 0 aliphatic carbocycles. The Hall–Kier alpha value is -2.87. The molecule has 0 amide bonds. The van der Waals surface area contributed by atoms with Crippen LogP contribution in [0.3, 0.4) is 0 Å². The summed E-state index contributed by atoms with van der Waals surface area (Å²) < 4.78 is 0. The van der Waals surface area contributed by atoms with E-state index in [1.54, 1.807) is 26.1 Å². The minimum atomic E-state index is -1.01. The fraction of sp³-hybridized carbons (Fsp3) is 0.516. The van der Waals surface area contributed by atoms with Crippen molar-refractivity contribution in [3.05, 3.63) is 65.7 Å². The van der Waals surface area contributed by atoms with Gasteiger partial charge >= 0.3 is 0 Å². The quantitative estimate of drug-likeness (QED) is 0.251. The van der Waals surface area contributed by atoms with Gasteiger partial charge in [0, 0.05) is 0 Å². The molecule has 0 radical (unpaired) electrons. The number of Topliss-reactive ketones (excluding diaryl/α,β-unsaturated/α-hetero) is 3. The average Bonchev–Trinajstić information content (AvgIpc) is 2.87. The number of ketones is 3. The molecule has 7 nitrogen and oxygen atoms in total. The van der Waals surface area contributed by atoms with Gasteiger partial charge in [-0.1, -0.05) is 56.3 Å². The van der Waals surface area contributed by atoms with Gasteiger partial charge in [0.2, 0.25) is 0 Å². The second-order valence-corrected chi connectivity index (χ2v) is 11.1. The molecule has 3 atom stereocenters. The lowest BCUT2D eigenvalue weighted by Crippen LogP contribution is -2.59. The average molecular weight is 524 g/mol. The molecule has 0 aliphatic heterocycles. The summed E-state index contributed by atoms with van der Waals surface area (Å²) in [5.41, 5.74) is 0.222. The molecule has 0 heterocycles. The molecule has 0 saturated heterocycles. The number of nitrogens with one attached hydrogen (secondary N) is 3. The highest BCUT2D eigenvalue weighted by atomic mass is 16.3. The molecule has 38 heavy (non-hydrogen) atoms. The van der Waals surface area contributed by atoms with Crippen LogP contribution in [0.4, 0.5) is 0 Å². The molecule has 7 heteroatoms. The molecule has 0 aliphatic rings. The highest BCUT2D eigenvalue weighted by Gasteiger charge is 2.37. The maximum atomic E-state index is 13.6. The molecule has 2 rings (SSSR count). The molecule has 208 valence electrons. The number of aromatic hydroxyl groups is 1. The van der Waals surface area contributed by atoms with Gasteiger partial charge in [0.25, 0.3) is 0 Å². The Morgan fingerprint density at radius 1 is 0.868 bits per heavy atom. The summed E-state index contributed by atoms with van der Waals surface area (Å²) >= 11 is 0. The molecule has 0 fully saturated rings. The van der Waals surface area contributed by atoms with Gasteiger partial charge in [0.15, 0.2) is 11.6 Å². The third-order valence-electron chi connectivity index (χ3n) is 7.30. The van der Waals surface area contributed by atoms with E-state index in [4.69, 9.17) is 0 Å². The number of benzene rings is 2. The molecule has 2 unspecified atom stereocenters. The van der Waals surface area contributed by atoms with Crippen LogP contribution in [0.25, 0.3) is 0 Å². The van der Waals surface area contributed by atoms with E-state index in [2.05, 4.69) is 29.8 Å². The highest BCUT2D eigenvalue weighted by Crippen LogP contribution is 2.20. The van der Waals surface area contributed by atoms with E-state index in [0.717, 1.165) is 11.1 Å². The monoisotopic (exact) mass is 523 g/mol. The number of phenols is 1. The van der Waals surface area contributed by atoms with Crippen LogP contribution in [-0.4, -0.2) is 59.7 Å². The number of likely N-dealkylation sites (N-methyl/N-ethyl adjacent to an activating group) is 1. The van der Waals surface area contributed by atoms with Crippen molar-refractivity contribution in [1.29, 1.82) is 0 Å². The van der Waals surface area contributed by atoms with E-state index >= 15 is 0 Å². The van der Waals surface area contributed by atoms with Crippen LogP contribution in [0.2, 0.25) is 0 Å². The first-order valence-electron chi connectivity index (χ1n) is 13.4. The zero-order valence-corrected chi connectivity index (χ0v) is 23.8. The number of aryl methyl sites for hydroxylation is 1. The summed E-state index contributed by atoms with van der Waals surface area (Å²) in [7, 11) is 1.76. The highest BCUT2D eigenvalue weighted by molar-refractivity contribution is 5.93. The Morgan fingerprint density at radius 3 is 2.03 bits per heavy atom. The Balaban J connectivity index is 2.12. The zero-order valence-electron chi connectivity index (χ0n) is 23.8. The number of phenolic OH excluding ortho intramolecular Hbond substituents is 1. The Kier molecular flexibility index (Phi) is 11.8. The second kappa shape index (κ2) is 14.3. The topological polar surface area (TPSA) is 108 Å². The Morgan fingerprint density at radius 2 is 1.47 bits per heavy atom. The molecule has 0 bridgehead atoms. The van der Waals surface area contributed by atoms with E-state index in [1.165, 1.54) is 0 Å². The van der Waals surface area contributed by atoms with Crippen LogP contribution in [0.15, 0.2) is 54.6 Å². The maximum Gasteiger partial charge on any atom is 0.166 e. The molecule has 2 aromatic carbocycles. The predicted molar refractivity (Wildman–Crippen MR) is 152 cm³/mol. The van der Waals surface area contributed by atoms with Crippen LogP contribution in [0, 0.1) is 5.92 Å². The largest absolute Gasteiger partial charge is 0.508 e. The van der Waals surface area contributed by atoms with Crippen molar-refractivity contribution in [2.24, 2.45) is 5.92 Å². The number of rotatable bonds is 17. The first-order chi connectivity index (χ1) is 17.9. The van der Waals surface area contributed by atoms with Crippen molar-refractivity contribution in [2.45, 2.75) is 77.4 Å². The van der Waals surface area contributed by atoms with E-state index < -0.39 is 11.1 Å². The van der Waals surface area contributed by atoms with Crippen LogP contribution in [0.5, 0.6) is 5.75 Å². The van der Waals surface area contributed by atoms with E-state index in [9.17, 15) is 19.5 Å². The number of carbonyl (C=O) groups excluding carboxylic acids is 3. The van der Waals surface area contributed by atoms with Gasteiger partial charge in [-0.3, -0.25) is 25.0 Å². The summed E-state index contributed by atoms with van der Waals surface area (Å²) in [5, 5.41) is 19.1. The minimum absolute atomic E-state index is 0.00242. The van der Waals surface area contributed by atoms with Crippen LogP contribution in [-0.2, 0) is 27.2 Å². The lowest BCUT2D eigenvalue weighted by molar-refractivity contribution is -0.126.